The Morgan fingerprint density at radius 3 is 2.33 bits per heavy atom. The molecule has 0 radical (unpaired) electrons. The van der Waals surface area contributed by atoms with Gasteiger partial charge >= 0.3 is 6.18 Å². The molecule has 0 bridgehead atoms. The zero-order valence-corrected chi connectivity index (χ0v) is 24.6. The van der Waals surface area contributed by atoms with E-state index in [1.54, 1.807) is 6.07 Å². The van der Waals surface area contributed by atoms with Crippen molar-refractivity contribution in [2.45, 2.75) is 104 Å². The van der Waals surface area contributed by atoms with Crippen molar-refractivity contribution in [3.05, 3.63) is 35.4 Å². The third-order valence-corrected chi connectivity index (χ3v) is 8.15. The van der Waals surface area contributed by atoms with Gasteiger partial charge in [0.2, 0.25) is 11.8 Å². The van der Waals surface area contributed by atoms with Crippen LogP contribution in [0.5, 0.6) is 0 Å². The van der Waals surface area contributed by atoms with Gasteiger partial charge in [-0.25, -0.2) is 0 Å². The van der Waals surface area contributed by atoms with Gasteiger partial charge in [-0.1, -0.05) is 58.7 Å². The number of alkyl halides is 3. The molecule has 2 amide bonds. The summed E-state index contributed by atoms with van der Waals surface area (Å²) < 4.78 is 45.5. The number of likely N-dealkylation sites (tertiary alicyclic amines) is 1. The van der Waals surface area contributed by atoms with E-state index in [1.165, 1.54) is 12.1 Å². The lowest BCUT2D eigenvalue weighted by Gasteiger charge is -2.42. The van der Waals surface area contributed by atoms with Crippen molar-refractivity contribution in [3.63, 3.8) is 0 Å². The highest BCUT2D eigenvalue weighted by molar-refractivity contribution is 5.90. The molecule has 0 saturated carbocycles. The Hall–Kier alpha value is -2.13. The van der Waals surface area contributed by atoms with Crippen LogP contribution in [0.15, 0.2) is 24.3 Å². The molecule has 0 aromatic heterocycles. The molecule has 226 valence electrons. The average Bonchev–Trinajstić information content (AvgIpc) is 2.87. The maximum atomic E-state index is 13.9. The number of nitrogens with zero attached hydrogens (tertiary/aromatic N) is 1. The molecule has 40 heavy (non-hydrogen) atoms. The van der Waals surface area contributed by atoms with E-state index in [2.05, 4.69) is 29.4 Å². The highest BCUT2D eigenvalue weighted by Crippen LogP contribution is 2.38. The first-order valence-electron chi connectivity index (χ1n) is 15.0. The van der Waals surface area contributed by atoms with Gasteiger partial charge in [-0.3, -0.25) is 14.5 Å². The zero-order chi connectivity index (χ0) is 29.3. The summed E-state index contributed by atoms with van der Waals surface area (Å²) in [6.45, 7) is 11.1. The molecule has 2 heterocycles. The highest BCUT2D eigenvalue weighted by Gasteiger charge is 2.42. The summed E-state index contributed by atoms with van der Waals surface area (Å²) in [5.41, 5.74) is -0.619. The minimum atomic E-state index is -4.37. The molecular weight excluding hydrogens is 519 g/mol. The van der Waals surface area contributed by atoms with Crippen LogP contribution in [0.25, 0.3) is 0 Å². The number of amides is 2. The van der Waals surface area contributed by atoms with Crippen molar-refractivity contribution in [2.75, 3.05) is 26.3 Å². The summed E-state index contributed by atoms with van der Waals surface area (Å²) in [4.78, 5) is 29.5. The number of hydrogen-bond donors (Lipinski definition) is 2. The van der Waals surface area contributed by atoms with Crippen LogP contribution in [-0.4, -0.2) is 55.1 Å². The van der Waals surface area contributed by atoms with Crippen molar-refractivity contribution in [1.29, 1.82) is 0 Å². The van der Waals surface area contributed by atoms with E-state index < -0.39 is 23.2 Å². The van der Waals surface area contributed by atoms with Gasteiger partial charge in [0.05, 0.1) is 23.6 Å². The van der Waals surface area contributed by atoms with E-state index in [9.17, 15) is 22.8 Å². The third kappa shape index (κ3) is 9.75. The Bertz CT molecular complexity index is 959. The lowest BCUT2D eigenvalue weighted by molar-refractivity contribution is -0.139. The van der Waals surface area contributed by atoms with Crippen LogP contribution in [0.2, 0.25) is 0 Å². The van der Waals surface area contributed by atoms with E-state index in [-0.39, 0.29) is 23.8 Å². The topological polar surface area (TPSA) is 70.7 Å². The lowest BCUT2D eigenvalue weighted by Crippen LogP contribution is -2.56. The first-order chi connectivity index (χ1) is 18.9. The van der Waals surface area contributed by atoms with Gasteiger partial charge in [0.15, 0.2) is 0 Å². The summed E-state index contributed by atoms with van der Waals surface area (Å²) in [7, 11) is 0. The Morgan fingerprint density at radius 1 is 0.975 bits per heavy atom. The maximum absolute atomic E-state index is 13.9. The Balaban J connectivity index is 1.73. The quantitative estimate of drug-likeness (QED) is 0.447. The SMILES string of the molecule is CC(C)C[C@H]1COCCCCCC2(CCN(Cc3cccc(C(F)(F)F)c3)CC2)C(=O)N[C@@H](CC(C)C)C(=O)N1. The standard InChI is InChI=1S/C31H48F3N3O3/c1-22(2)17-26-21-40-16-7-5-6-11-30(29(39)36-27(18-23(3)4)28(38)35-26)12-14-37(15-13-30)20-24-9-8-10-25(19-24)31(32,33)34/h8-10,19,22-23,26-27H,5-7,11-18,20-21H2,1-4H3,(H,35,38)(H,36,39)/t26-,27-/m0/s1. The molecule has 2 aliphatic heterocycles. The van der Waals surface area contributed by atoms with Crippen molar-refractivity contribution in [1.82, 2.24) is 15.5 Å². The van der Waals surface area contributed by atoms with E-state index in [1.807, 2.05) is 13.8 Å². The molecule has 2 N–H and O–H groups in total. The summed E-state index contributed by atoms with van der Waals surface area (Å²) in [5, 5.41) is 6.29. The van der Waals surface area contributed by atoms with Gasteiger partial charge in [0.1, 0.15) is 6.04 Å². The molecule has 3 rings (SSSR count). The van der Waals surface area contributed by atoms with Gasteiger partial charge in [0.25, 0.3) is 0 Å². The normalized spacial score (nSPS) is 24.1. The second kappa shape index (κ2) is 14.7. The molecule has 9 heteroatoms. The predicted octanol–water partition coefficient (Wildman–Crippen LogP) is 5.94. The first kappa shape index (κ1) is 32.4. The van der Waals surface area contributed by atoms with Crippen LogP contribution in [0.3, 0.4) is 0 Å². The van der Waals surface area contributed by atoms with Crippen LogP contribution < -0.4 is 10.6 Å². The van der Waals surface area contributed by atoms with Crippen LogP contribution in [0, 0.1) is 17.3 Å². The Kier molecular flexibility index (Phi) is 11.9. The molecule has 2 aliphatic rings. The van der Waals surface area contributed by atoms with Crippen LogP contribution >= 0.6 is 0 Å². The molecule has 0 unspecified atom stereocenters. The van der Waals surface area contributed by atoms with Crippen molar-refractivity contribution < 1.29 is 27.5 Å². The van der Waals surface area contributed by atoms with Crippen LogP contribution in [-0.2, 0) is 27.0 Å². The fourth-order valence-corrected chi connectivity index (χ4v) is 5.96. The molecule has 0 aliphatic carbocycles. The number of ether oxygens (including phenoxy) is 1. The van der Waals surface area contributed by atoms with Crippen molar-refractivity contribution >= 4 is 11.8 Å². The number of halogens is 3. The van der Waals surface area contributed by atoms with E-state index in [0.29, 0.717) is 63.6 Å². The van der Waals surface area contributed by atoms with Crippen LogP contribution in [0.1, 0.15) is 90.2 Å². The largest absolute Gasteiger partial charge is 0.416 e. The lowest BCUT2D eigenvalue weighted by atomic mass is 9.73. The molecule has 1 aromatic carbocycles. The summed E-state index contributed by atoms with van der Waals surface area (Å²) in [6, 6.07) is 4.75. The number of rotatable bonds is 6. The van der Waals surface area contributed by atoms with Crippen LogP contribution in [0.4, 0.5) is 13.2 Å². The molecule has 2 saturated heterocycles. The number of nitrogens with one attached hydrogen (secondary N) is 2. The number of benzene rings is 1. The number of hydrogen-bond acceptors (Lipinski definition) is 4. The molecule has 6 nitrogen and oxygen atoms in total. The fraction of sp³-hybridized carbons (Fsp3) is 0.742. The molecule has 2 atom stereocenters. The fourth-order valence-electron chi connectivity index (χ4n) is 5.96. The summed E-state index contributed by atoms with van der Waals surface area (Å²) >= 11 is 0. The van der Waals surface area contributed by atoms with Gasteiger partial charge in [0, 0.05) is 13.2 Å². The zero-order valence-electron chi connectivity index (χ0n) is 24.6. The Labute approximate surface area is 237 Å². The average molecular weight is 568 g/mol. The van der Waals surface area contributed by atoms with Gasteiger partial charge < -0.3 is 15.4 Å². The Morgan fingerprint density at radius 2 is 1.68 bits per heavy atom. The van der Waals surface area contributed by atoms with E-state index in [4.69, 9.17) is 4.74 Å². The van der Waals surface area contributed by atoms with E-state index in [0.717, 1.165) is 38.2 Å². The van der Waals surface area contributed by atoms with Gasteiger partial charge in [-0.05, 0) is 75.1 Å². The monoisotopic (exact) mass is 567 g/mol. The van der Waals surface area contributed by atoms with E-state index >= 15 is 0 Å². The molecule has 1 spiro atoms. The molecule has 1 aromatic rings. The number of carbonyl (C=O) groups is 2. The van der Waals surface area contributed by atoms with Gasteiger partial charge in [-0.15, -0.1) is 0 Å². The maximum Gasteiger partial charge on any atom is 0.416 e. The first-order valence-corrected chi connectivity index (χ1v) is 15.0. The summed E-state index contributed by atoms with van der Waals surface area (Å²) in [6.07, 6.45) is 1.68. The number of carbonyl (C=O) groups excluding carboxylic acids is 2. The summed E-state index contributed by atoms with van der Waals surface area (Å²) in [5.74, 6) is 0.390. The minimum Gasteiger partial charge on any atom is -0.379 e. The third-order valence-electron chi connectivity index (χ3n) is 8.15. The smallest absolute Gasteiger partial charge is 0.379 e. The second-order valence-corrected chi connectivity index (χ2v) is 12.6. The molecular formula is C31H48F3N3O3. The van der Waals surface area contributed by atoms with Gasteiger partial charge in [-0.2, -0.15) is 13.2 Å². The number of piperidine rings is 1. The molecule has 2 fully saturated rings. The highest BCUT2D eigenvalue weighted by atomic mass is 19.4. The second-order valence-electron chi connectivity index (χ2n) is 12.6. The minimum absolute atomic E-state index is 0.0688. The predicted molar refractivity (Wildman–Crippen MR) is 150 cm³/mol. The van der Waals surface area contributed by atoms with Crippen molar-refractivity contribution in [3.8, 4) is 0 Å². The van der Waals surface area contributed by atoms with Crippen molar-refractivity contribution in [2.24, 2.45) is 17.3 Å².